The molecule has 7 nitrogen and oxygen atoms in total. The standard InChI is InChI=1S/C22H25F2N3O4S/c1-31-21-12-25-20(11-26-21)27-22(28)17(8-13-9-18(23)19(24)10-13)14-2-4-15(5-3-14)32(29,30)16-6-7-16/h2-5,11-13,16-19H,6-10H2,1H3,(H,25,27,28)/t13?,17-,18?,19?/m1/s1. The number of ether oxygens (including phenoxy) is 1. The summed E-state index contributed by atoms with van der Waals surface area (Å²) in [5.41, 5.74) is 0.580. The number of benzene rings is 1. The lowest BCUT2D eigenvalue weighted by Gasteiger charge is -2.20. The van der Waals surface area contributed by atoms with Crippen LogP contribution >= 0.6 is 0 Å². The van der Waals surface area contributed by atoms with E-state index in [1.165, 1.54) is 31.6 Å². The van der Waals surface area contributed by atoms with E-state index >= 15 is 0 Å². The number of rotatable bonds is 8. The molecule has 2 aliphatic carbocycles. The van der Waals surface area contributed by atoms with Crippen LogP contribution in [0.3, 0.4) is 0 Å². The van der Waals surface area contributed by atoms with Crippen molar-refractivity contribution in [3.8, 4) is 5.88 Å². The highest BCUT2D eigenvalue weighted by Gasteiger charge is 2.38. The van der Waals surface area contributed by atoms with Crippen LogP contribution in [0.2, 0.25) is 0 Å². The van der Waals surface area contributed by atoms with Gasteiger partial charge in [0.05, 0.1) is 35.6 Å². The van der Waals surface area contributed by atoms with Crippen LogP contribution < -0.4 is 10.1 Å². The van der Waals surface area contributed by atoms with Crippen molar-refractivity contribution in [1.29, 1.82) is 0 Å². The van der Waals surface area contributed by atoms with Gasteiger partial charge in [0.2, 0.25) is 11.8 Å². The Morgan fingerprint density at radius 2 is 1.78 bits per heavy atom. The minimum atomic E-state index is -3.35. The summed E-state index contributed by atoms with van der Waals surface area (Å²) in [7, 11) is -1.90. The molecule has 3 atom stereocenters. The van der Waals surface area contributed by atoms with Crippen molar-refractivity contribution >= 4 is 21.6 Å². The maximum absolute atomic E-state index is 13.7. The number of aromatic nitrogens is 2. The van der Waals surface area contributed by atoms with Crippen LogP contribution in [0.25, 0.3) is 0 Å². The average molecular weight is 466 g/mol. The molecule has 0 aliphatic heterocycles. The molecule has 2 saturated carbocycles. The second-order valence-electron chi connectivity index (χ2n) is 8.40. The van der Waals surface area contributed by atoms with Gasteiger partial charge in [0.1, 0.15) is 12.3 Å². The minimum absolute atomic E-state index is 0.0570. The molecular formula is C22H25F2N3O4S. The van der Waals surface area contributed by atoms with Gasteiger partial charge in [-0.15, -0.1) is 0 Å². The van der Waals surface area contributed by atoms with Gasteiger partial charge in [0, 0.05) is 0 Å². The molecule has 1 heterocycles. The van der Waals surface area contributed by atoms with Crippen LogP contribution in [-0.2, 0) is 14.6 Å². The second kappa shape index (κ2) is 9.09. The molecule has 0 bridgehead atoms. The van der Waals surface area contributed by atoms with Gasteiger partial charge in [-0.1, -0.05) is 12.1 Å². The fourth-order valence-corrected chi connectivity index (χ4v) is 5.77. The molecule has 1 N–H and O–H groups in total. The number of carbonyl (C=O) groups excluding carboxylic acids is 1. The molecule has 10 heteroatoms. The number of anilines is 1. The van der Waals surface area contributed by atoms with E-state index in [-0.39, 0.29) is 41.1 Å². The number of carbonyl (C=O) groups is 1. The molecule has 2 fully saturated rings. The Kier molecular flexibility index (Phi) is 6.41. The molecule has 2 unspecified atom stereocenters. The normalized spacial score (nSPS) is 24.2. The van der Waals surface area contributed by atoms with Gasteiger partial charge in [-0.3, -0.25) is 4.79 Å². The Labute approximate surface area is 185 Å². The van der Waals surface area contributed by atoms with Gasteiger partial charge in [-0.2, -0.15) is 0 Å². The largest absolute Gasteiger partial charge is 0.480 e. The molecule has 32 heavy (non-hydrogen) atoms. The van der Waals surface area contributed by atoms with Gasteiger partial charge in [0.25, 0.3) is 0 Å². The highest BCUT2D eigenvalue weighted by atomic mass is 32.2. The van der Waals surface area contributed by atoms with Gasteiger partial charge in [-0.05, 0) is 55.7 Å². The third-order valence-electron chi connectivity index (χ3n) is 6.06. The zero-order valence-corrected chi connectivity index (χ0v) is 18.4. The predicted molar refractivity (Wildman–Crippen MR) is 114 cm³/mol. The molecule has 0 saturated heterocycles. The number of nitrogens with zero attached hydrogens (tertiary/aromatic N) is 2. The Morgan fingerprint density at radius 3 is 2.31 bits per heavy atom. The molecule has 172 valence electrons. The topological polar surface area (TPSA) is 98.2 Å². The molecule has 4 rings (SSSR count). The minimum Gasteiger partial charge on any atom is -0.480 e. The number of halogens is 2. The second-order valence-corrected chi connectivity index (χ2v) is 10.6. The SMILES string of the molecule is COc1cnc(NC(=O)[C@H](CC2CC(F)C(F)C2)c2ccc(S(=O)(=O)C3CC3)cc2)cn1. The number of amides is 1. The van der Waals surface area contributed by atoms with Crippen molar-refractivity contribution in [1.82, 2.24) is 9.97 Å². The van der Waals surface area contributed by atoms with Crippen LogP contribution in [0.1, 0.15) is 43.6 Å². The van der Waals surface area contributed by atoms with Crippen molar-refractivity contribution in [2.45, 2.75) is 60.5 Å². The molecule has 1 aromatic heterocycles. The number of sulfone groups is 1. The van der Waals surface area contributed by atoms with E-state index in [4.69, 9.17) is 4.74 Å². The van der Waals surface area contributed by atoms with Crippen molar-refractivity contribution in [3.05, 3.63) is 42.2 Å². The third kappa shape index (κ3) is 4.90. The first-order valence-electron chi connectivity index (χ1n) is 10.6. The van der Waals surface area contributed by atoms with Crippen molar-refractivity contribution < 1.29 is 26.7 Å². The fourth-order valence-electron chi connectivity index (χ4n) is 4.11. The fraction of sp³-hybridized carbons (Fsp3) is 0.500. The number of methoxy groups -OCH3 is 1. The Morgan fingerprint density at radius 1 is 1.12 bits per heavy atom. The smallest absolute Gasteiger partial charge is 0.233 e. The number of hydrogen-bond donors (Lipinski definition) is 1. The molecule has 0 radical (unpaired) electrons. The molecule has 2 aliphatic rings. The van der Waals surface area contributed by atoms with E-state index in [2.05, 4.69) is 15.3 Å². The Bertz CT molecular complexity index is 1050. The van der Waals surface area contributed by atoms with Crippen molar-refractivity contribution in [3.63, 3.8) is 0 Å². The summed E-state index contributed by atoms with van der Waals surface area (Å²) in [5, 5.41) is 2.36. The van der Waals surface area contributed by atoms with E-state index in [0.717, 1.165) is 0 Å². The molecule has 1 amide bonds. The Hall–Kier alpha value is -2.62. The lowest BCUT2D eigenvalue weighted by molar-refractivity contribution is -0.118. The van der Waals surface area contributed by atoms with Gasteiger partial charge >= 0.3 is 0 Å². The van der Waals surface area contributed by atoms with Crippen LogP contribution in [-0.4, -0.2) is 49.0 Å². The first kappa shape index (κ1) is 22.6. The zero-order valence-electron chi connectivity index (χ0n) is 17.6. The molecular weight excluding hydrogens is 440 g/mol. The van der Waals surface area contributed by atoms with Gasteiger partial charge in [0.15, 0.2) is 15.7 Å². The number of alkyl halides is 2. The predicted octanol–water partition coefficient (Wildman–Crippen LogP) is 3.62. The summed E-state index contributed by atoms with van der Waals surface area (Å²) >= 11 is 0. The van der Waals surface area contributed by atoms with Crippen molar-refractivity contribution in [2.75, 3.05) is 12.4 Å². The summed E-state index contributed by atoms with van der Waals surface area (Å²) in [6, 6.07) is 6.21. The van der Waals surface area contributed by atoms with Crippen LogP contribution in [0.5, 0.6) is 5.88 Å². The first-order chi connectivity index (χ1) is 15.3. The number of hydrogen-bond acceptors (Lipinski definition) is 6. The zero-order chi connectivity index (χ0) is 22.9. The quantitative estimate of drug-likeness (QED) is 0.640. The summed E-state index contributed by atoms with van der Waals surface area (Å²) in [5.74, 6) is -0.917. The van der Waals surface area contributed by atoms with Crippen LogP contribution in [0, 0.1) is 5.92 Å². The maximum Gasteiger partial charge on any atom is 0.233 e. The van der Waals surface area contributed by atoms with E-state index in [1.54, 1.807) is 12.1 Å². The van der Waals surface area contributed by atoms with E-state index in [1.807, 2.05) is 0 Å². The first-order valence-corrected chi connectivity index (χ1v) is 12.1. The average Bonchev–Trinajstić information content (AvgIpc) is 3.59. The van der Waals surface area contributed by atoms with Crippen LogP contribution in [0.4, 0.5) is 14.6 Å². The van der Waals surface area contributed by atoms with Gasteiger partial charge < -0.3 is 10.1 Å². The van der Waals surface area contributed by atoms with E-state index in [0.29, 0.717) is 24.3 Å². The van der Waals surface area contributed by atoms with Crippen molar-refractivity contribution in [2.24, 2.45) is 5.92 Å². The third-order valence-corrected chi connectivity index (χ3v) is 8.34. The summed E-state index contributed by atoms with van der Waals surface area (Å²) in [6.07, 6.45) is 1.34. The van der Waals surface area contributed by atoms with Gasteiger partial charge in [-0.25, -0.2) is 27.2 Å². The van der Waals surface area contributed by atoms with E-state index < -0.39 is 34.0 Å². The Balaban J connectivity index is 1.55. The summed E-state index contributed by atoms with van der Waals surface area (Å²) in [6.45, 7) is 0. The lowest BCUT2D eigenvalue weighted by atomic mass is 9.87. The molecule has 2 aromatic rings. The monoisotopic (exact) mass is 465 g/mol. The summed E-state index contributed by atoms with van der Waals surface area (Å²) in [4.78, 5) is 21.4. The maximum atomic E-state index is 13.7. The summed E-state index contributed by atoms with van der Waals surface area (Å²) < 4.78 is 57.4. The van der Waals surface area contributed by atoms with E-state index in [9.17, 15) is 22.0 Å². The highest BCUT2D eigenvalue weighted by molar-refractivity contribution is 7.92. The molecule has 1 aromatic carbocycles. The molecule has 0 spiro atoms. The highest BCUT2D eigenvalue weighted by Crippen LogP contribution is 2.39. The lowest BCUT2D eigenvalue weighted by Crippen LogP contribution is -2.24. The van der Waals surface area contributed by atoms with Crippen LogP contribution in [0.15, 0.2) is 41.6 Å². The number of nitrogens with one attached hydrogen (secondary N) is 1.